The summed E-state index contributed by atoms with van der Waals surface area (Å²) in [7, 11) is 0. The lowest BCUT2D eigenvalue weighted by atomic mass is 10.0. The zero-order valence-corrected chi connectivity index (χ0v) is 10.9. The van der Waals surface area contributed by atoms with Crippen molar-refractivity contribution in [1.82, 2.24) is 10.2 Å². The third kappa shape index (κ3) is 2.73. The Morgan fingerprint density at radius 2 is 2.22 bits per heavy atom. The molecule has 2 fully saturated rings. The van der Waals surface area contributed by atoms with Crippen LogP contribution in [-0.2, 0) is 6.54 Å². The molecule has 98 valence electrons. The van der Waals surface area contributed by atoms with Gasteiger partial charge in [0.15, 0.2) is 0 Å². The molecule has 1 aromatic rings. The highest BCUT2D eigenvalue weighted by Crippen LogP contribution is 2.36. The largest absolute Gasteiger partial charge is 0.311 e. The lowest BCUT2D eigenvalue weighted by Crippen LogP contribution is -2.55. The maximum Gasteiger partial charge on any atom is 0.123 e. The highest BCUT2D eigenvalue weighted by Gasteiger charge is 2.37. The van der Waals surface area contributed by atoms with E-state index < -0.39 is 0 Å². The second kappa shape index (κ2) is 4.98. The van der Waals surface area contributed by atoms with Crippen LogP contribution in [0.1, 0.15) is 25.3 Å². The molecule has 2 aliphatic rings. The first-order valence-electron chi connectivity index (χ1n) is 6.94. The van der Waals surface area contributed by atoms with Crippen molar-refractivity contribution in [3.63, 3.8) is 0 Å². The minimum absolute atomic E-state index is 0.126. The summed E-state index contributed by atoms with van der Waals surface area (Å²) in [5, 5.41) is 3.56. The van der Waals surface area contributed by atoms with Gasteiger partial charge in [-0.15, -0.1) is 0 Å². The fraction of sp³-hybridized carbons (Fsp3) is 0.600. The molecule has 0 aromatic heterocycles. The van der Waals surface area contributed by atoms with Crippen molar-refractivity contribution < 1.29 is 4.39 Å². The molecule has 2 atom stereocenters. The fourth-order valence-corrected chi connectivity index (χ4v) is 3.00. The Bertz CT molecular complexity index is 417. The summed E-state index contributed by atoms with van der Waals surface area (Å²) < 4.78 is 13.2. The third-order valence-electron chi connectivity index (χ3n) is 4.09. The maximum atomic E-state index is 13.2. The van der Waals surface area contributed by atoms with Crippen molar-refractivity contribution in [2.24, 2.45) is 5.92 Å². The van der Waals surface area contributed by atoms with Crippen LogP contribution >= 0.6 is 0 Å². The maximum absolute atomic E-state index is 13.2. The number of hydrogen-bond donors (Lipinski definition) is 1. The smallest absolute Gasteiger partial charge is 0.123 e. The van der Waals surface area contributed by atoms with Gasteiger partial charge in [-0.1, -0.05) is 12.1 Å². The van der Waals surface area contributed by atoms with E-state index in [0.717, 1.165) is 31.1 Å². The first-order chi connectivity index (χ1) is 8.72. The van der Waals surface area contributed by atoms with Gasteiger partial charge in [-0.3, -0.25) is 4.90 Å². The molecule has 1 aromatic carbocycles. The fourth-order valence-electron chi connectivity index (χ4n) is 3.00. The molecular weight excluding hydrogens is 227 g/mol. The Balaban J connectivity index is 1.71. The Kier molecular flexibility index (Phi) is 3.35. The van der Waals surface area contributed by atoms with Crippen LogP contribution in [0.5, 0.6) is 0 Å². The van der Waals surface area contributed by atoms with Crippen LogP contribution in [-0.4, -0.2) is 30.1 Å². The van der Waals surface area contributed by atoms with E-state index in [4.69, 9.17) is 0 Å². The Labute approximate surface area is 108 Å². The quantitative estimate of drug-likeness (QED) is 0.883. The van der Waals surface area contributed by atoms with E-state index in [-0.39, 0.29) is 5.82 Å². The van der Waals surface area contributed by atoms with Crippen molar-refractivity contribution >= 4 is 0 Å². The van der Waals surface area contributed by atoms with Crippen LogP contribution in [0.3, 0.4) is 0 Å². The van der Waals surface area contributed by atoms with Gasteiger partial charge in [-0.2, -0.15) is 0 Å². The van der Waals surface area contributed by atoms with Crippen LogP contribution in [0.15, 0.2) is 24.3 Å². The molecule has 3 heteroatoms. The molecule has 1 heterocycles. The molecule has 0 amide bonds. The van der Waals surface area contributed by atoms with Crippen molar-refractivity contribution in [3.05, 3.63) is 35.6 Å². The number of piperazine rings is 1. The van der Waals surface area contributed by atoms with E-state index in [9.17, 15) is 4.39 Å². The van der Waals surface area contributed by atoms with Crippen molar-refractivity contribution in [2.45, 2.75) is 38.4 Å². The summed E-state index contributed by atoms with van der Waals surface area (Å²) in [6.07, 6.45) is 2.72. The van der Waals surface area contributed by atoms with E-state index in [1.807, 2.05) is 12.1 Å². The van der Waals surface area contributed by atoms with E-state index in [0.29, 0.717) is 12.1 Å². The first-order valence-corrected chi connectivity index (χ1v) is 6.94. The van der Waals surface area contributed by atoms with Crippen LogP contribution in [0.2, 0.25) is 0 Å². The minimum atomic E-state index is -0.126. The lowest BCUT2D eigenvalue weighted by Gasteiger charge is -2.39. The summed E-state index contributed by atoms with van der Waals surface area (Å²) in [4.78, 5) is 2.54. The summed E-state index contributed by atoms with van der Waals surface area (Å²) in [5.41, 5.74) is 1.09. The van der Waals surface area contributed by atoms with Gasteiger partial charge in [0.1, 0.15) is 5.82 Å². The van der Waals surface area contributed by atoms with Gasteiger partial charge >= 0.3 is 0 Å². The van der Waals surface area contributed by atoms with Crippen LogP contribution in [0.4, 0.5) is 4.39 Å². The van der Waals surface area contributed by atoms with E-state index in [1.165, 1.54) is 18.9 Å². The number of nitrogens with zero attached hydrogens (tertiary/aromatic N) is 1. The highest BCUT2D eigenvalue weighted by atomic mass is 19.1. The van der Waals surface area contributed by atoms with E-state index in [2.05, 4.69) is 17.1 Å². The van der Waals surface area contributed by atoms with E-state index in [1.54, 1.807) is 6.07 Å². The Morgan fingerprint density at radius 1 is 1.39 bits per heavy atom. The molecule has 0 spiro atoms. The summed E-state index contributed by atoms with van der Waals surface area (Å²) in [6, 6.07) is 8.19. The average molecular weight is 248 g/mol. The molecule has 0 radical (unpaired) electrons. The first kappa shape index (κ1) is 12.1. The highest BCUT2D eigenvalue weighted by molar-refractivity contribution is 5.16. The Morgan fingerprint density at radius 3 is 2.94 bits per heavy atom. The van der Waals surface area contributed by atoms with E-state index >= 15 is 0 Å². The number of rotatable bonds is 3. The molecular formula is C15H21FN2. The topological polar surface area (TPSA) is 15.3 Å². The molecule has 18 heavy (non-hydrogen) atoms. The van der Waals surface area contributed by atoms with Gasteiger partial charge in [0.2, 0.25) is 0 Å². The second-order valence-electron chi connectivity index (χ2n) is 5.77. The normalized spacial score (nSPS) is 29.4. The third-order valence-corrected chi connectivity index (χ3v) is 4.09. The number of halogens is 1. The predicted octanol–water partition coefficient (Wildman–Crippen LogP) is 2.40. The molecule has 1 aliphatic heterocycles. The zero-order valence-electron chi connectivity index (χ0n) is 10.9. The van der Waals surface area contributed by atoms with Gasteiger partial charge in [-0.25, -0.2) is 4.39 Å². The average Bonchev–Trinajstić information content (AvgIpc) is 3.13. The number of benzene rings is 1. The van der Waals surface area contributed by atoms with Crippen LogP contribution in [0.25, 0.3) is 0 Å². The number of hydrogen-bond acceptors (Lipinski definition) is 2. The van der Waals surface area contributed by atoms with Gasteiger partial charge in [0.25, 0.3) is 0 Å². The van der Waals surface area contributed by atoms with Crippen molar-refractivity contribution in [3.8, 4) is 0 Å². The second-order valence-corrected chi connectivity index (χ2v) is 5.77. The summed E-state index contributed by atoms with van der Waals surface area (Å²) >= 11 is 0. The molecule has 1 saturated carbocycles. The summed E-state index contributed by atoms with van der Waals surface area (Å²) in [6.45, 7) is 5.26. The van der Waals surface area contributed by atoms with Crippen LogP contribution in [0, 0.1) is 11.7 Å². The molecule has 1 aliphatic carbocycles. The molecule has 1 N–H and O–H groups in total. The molecule has 0 bridgehead atoms. The molecule has 1 saturated heterocycles. The SMILES string of the molecule is CC1CN(Cc2cccc(F)c2)C(C2CC2)CN1. The monoisotopic (exact) mass is 248 g/mol. The van der Waals surface area contributed by atoms with Crippen LogP contribution < -0.4 is 5.32 Å². The molecule has 3 rings (SSSR count). The minimum Gasteiger partial charge on any atom is -0.311 e. The van der Waals surface area contributed by atoms with Gasteiger partial charge in [0.05, 0.1) is 0 Å². The Hall–Kier alpha value is -0.930. The summed E-state index contributed by atoms with van der Waals surface area (Å²) in [5.74, 6) is 0.734. The predicted molar refractivity (Wildman–Crippen MR) is 70.8 cm³/mol. The molecule has 2 nitrogen and oxygen atoms in total. The molecule has 2 unspecified atom stereocenters. The number of nitrogens with one attached hydrogen (secondary N) is 1. The lowest BCUT2D eigenvalue weighted by molar-refractivity contribution is 0.112. The van der Waals surface area contributed by atoms with Crippen molar-refractivity contribution in [1.29, 1.82) is 0 Å². The standard InChI is InChI=1S/C15H21FN2/c1-11-9-18(15(8-17-11)13-5-6-13)10-12-3-2-4-14(16)7-12/h2-4,7,11,13,15,17H,5-6,8-10H2,1H3. The van der Waals surface area contributed by atoms with Gasteiger partial charge in [-0.05, 0) is 43.4 Å². The van der Waals surface area contributed by atoms with Gasteiger partial charge < -0.3 is 5.32 Å². The zero-order chi connectivity index (χ0) is 12.5. The van der Waals surface area contributed by atoms with Gasteiger partial charge in [0, 0.05) is 31.7 Å². The van der Waals surface area contributed by atoms with Crippen molar-refractivity contribution in [2.75, 3.05) is 13.1 Å².